The van der Waals surface area contributed by atoms with Crippen molar-refractivity contribution < 1.29 is 14.6 Å². The molecule has 1 heterocycles. The van der Waals surface area contributed by atoms with Crippen LogP contribution in [-0.4, -0.2) is 23.3 Å². The second-order valence-corrected chi connectivity index (χ2v) is 4.33. The Labute approximate surface area is 72.7 Å². The van der Waals surface area contributed by atoms with Crippen LogP contribution in [0.3, 0.4) is 0 Å². The van der Waals surface area contributed by atoms with Gasteiger partial charge in [0.25, 0.3) is 0 Å². The van der Waals surface area contributed by atoms with Gasteiger partial charge in [-0.15, -0.1) is 0 Å². The fraction of sp³-hybridized carbons (Fsp3) is 0.889. The smallest absolute Gasteiger partial charge is 0.335 e. The summed E-state index contributed by atoms with van der Waals surface area (Å²) in [6.45, 7) is 7.68. The molecule has 1 saturated heterocycles. The summed E-state index contributed by atoms with van der Waals surface area (Å²) >= 11 is 0. The number of carbonyl (C=O) groups excluding carboxylic acids is 1. The average molecular weight is 172 g/mol. The second-order valence-electron chi connectivity index (χ2n) is 4.33. The van der Waals surface area contributed by atoms with Crippen LogP contribution in [0.5, 0.6) is 0 Å². The van der Waals surface area contributed by atoms with E-state index in [4.69, 9.17) is 4.74 Å². The highest BCUT2D eigenvalue weighted by Gasteiger charge is 2.51. The predicted octanol–water partition coefficient (Wildman–Crippen LogP) is 0.955. The summed E-state index contributed by atoms with van der Waals surface area (Å²) in [6.07, 6.45) is -1.13. The van der Waals surface area contributed by atoms with Gasteiger partial charge in [-0.25, -0.2) is 4.79 Å². The number of ether oxygens (including phenoxy) is 1. The Morgan fingerprint density at radius 3 is 2.17 bits per heavy atom. The maximum absolute atomic E-state index is 11.0. The highest BCUT2D eigenvalue weighted by atomic mass is 16.6. The number of hydrogen-bond donors (Lipinski definition) is 1. The third-order valence-corrected chi connectivity index (χ3v) is 2.51. The van der Waals surface area contributed by atoms with Crippen LogP contribution in [0.4, 0.5) is 0 Å². The average Bonchev–Trinajstić information content (AvgIpc) is 2.13. The molecule has 0 aromatic rings. The van der Waals surface area contributed by atoms with Gasteiger partial charge in [-0.3, -0.25) is 0 Å². The Bertz CT molecular complexity index is 196. The molecule has 0 aliphatic carbocycles. The van der Waals surface area contributed by atoms with Gasteiger partial charge in [0.1, 0.15) is 6.10 Å². The zero-order chi connectivity index (χ0) is 9.52. The summed E-state index contributed by atoms with van der Waals surface area (Å²) in [6, 6.07) is 0. The lowest BCUT2D eigenvalue weighted by molar-refractivity contribution is -0.148. The van der Waals surface area contributed by atoms with Gasteiger partial charge >= 0.3 is 5.97 Å². The zero-order valence-electron chi connectivity index (χ0n) is 8.00. The number of aliphatic hydroxyl groups is 1. The van der Waals surface area contributed by atoms with E-state index in [0.717, 1.165) is 0 Å². The number of hydrogen-bond acceptors (Lipinski definition) is 3. The molecule has 0 radical (unpaired) electrons. The minimum atomic E-state index is -0.968. The Hall–Kier alpha value is -0.570. The summed E-state index contributed by atoms with van der Waals surface area (Å²) in [4.78, 5) is 11.0. The lowest BCUT2D eigenvalue weighted by Gasteiger charge is -2.28. The van der Waals surface area contributed by atoms with Gasteiger partial charge in [-0.05, 0) is 5.92 Å². The molecule has 3 nitrogen and oxygen atoms in total. The van der Waals surface area contributed by atoms with E-state index in [1.165, 1.54) is 0 Å². The molecule has 70 valence electrons. The van der Waals surface area contributed by atoms with Crippen molar-refractivity contribution in [3.8, 4) is 0 Å². The van der Waals surface area contributed by atoms with Crippen molar-refractivity contribution in [2.75, 3.05) is 0 Å². The molecule has 1 fully saturated rings. The molecule has 1 N–H and O–H groups in total. The summed E-state index contributed by atoms with van der Waals surface area (Å²) in [7, 11) is 0. The lowest BCUT2D eigenvalue weighted by Crippen LogP contribution is -2.37. The molecule has 1 aliphatic rings. The molecule has 0 bridgehead atoms. The van der Waals surface area contributed by atoms with E-state index in [0.29, 0.717) is 0 Å². The van der Waals surface area contributed by atoms with Crippen LogP contribution >= 0.6 is 0 Å². The van der Waals surface area contributed by atoms with Crippen LogP contribution in [-0.2, 0) is 9.53 Å². The molecule has 0 aromatic carbocycles. The van der Waals surface area contributed by atoms with Crippen LogP contribution in [0.1, 0.15) is 27.7 Å². The molecular formula is C9H16O3. The molecule has 0 spiro atoms. The van der Waals surface area contributed by atoms with Gasteiger partial charge in [0.15, 0.2) is 6.10 Å². The van der Waals surface area contributed by atoms with E-state index >= 15 is 0 Å². The third kappa shape index (κ3) is 1.22. The molecular weight excluding hydrogens is 156 g/mol. The molecule has 3 heteroatoms. The Morgan fingerprint density at radius 2 is 2.00 bits per heavy atom. The molecule has 1 rings (SSSR count). The van der Waals surface area contributed by atoms with E-state index < -0.39 is 17.5 Å². The first kappa shape index (κ1) is 9.52. The maximum atomic E-state index is 11.0. The van der Waals surface area contributed by atoms with Gasteiger partial charge in [0, 0.05) is 5.41 Å². The Morgan fingerprint density at radius 1 is 1.50 bits per heavy atom. The number of rotatable bonds is 1. The van der Waals surface area contributed by atoms with Crippen molar-refractivity contribution in [2.24, 2.45) is 11.3 Å². The highest BCUT2D eigenvalue weighted by molar-refractivity contribution is 5.78. The molecule has 0 saturated carbocycles. The maximum Gasteiger partial charge on any atom is 0.335 e. The van der Waals surface area contributed by atoms with Crippen LogP contribution in [0, 0.1) is 11.3 Å². The summed E-state index contributed by atoms with van der Waals surface area (Å²) in [5.74, 6) is -0.236. The molecule has 0 amide bonds. The summed E-state index contributed by atoms with van der Waals surface area (Å²) < 4.78 is 5.06. The Kier molecular flexibility index (Phi) is 2.17. The van der Waals surface area contributed by atoms with E-state index in [1.54, 1.807) is 0 Å². The van der Waals surface area contributed by atoms with Crippen molar-refractivity contribution in [2.45, 2.75) is 39.9 Å². The predicted molar refractivity (Wildman–Crippen MR) is 44.5 cm³/mol. The van der Waals surface area contributed by atoms with Crippen molar-refractivity contribution in [1.82, 2.24) is 0 Å². The van der Waals surface area contributed by atoms with Crippen LogP contribution in [0.15, 0.2) is 0 Å². The van der Waals surface area contributed by atoms with E-state index in [2.05, 4.69) is 0 Å². The lowest BCUT2D eigenvalue weighted by atomic mass is 9.78. The van der Waals surface area contributed by atoms with Crippen molar-refractivity contribution >= 4 is 5.97 Å². The second kappa shape index (κ2) is 2.73. The summed E-state index contributed by atoms with van der Waals surface area (Å²) in [5.41, 5.74) is -0.453. The molecule has 1 aliphatic heterocycles. The standard InChI is InChI=1S/C9H16O3/c1-5(2)7-9(3,4)6(10)8(11)12-7/h5-7,10H,1-4H3/t6-,7+/m0/s1. The van der Waals surface area contributed by atoms with Gasteiger partial charge in [0.05, 0.1) is 0 Å². The van der Waals surface area contributed by atoms with Crippen molar-refractivity contribution in [3.63, 3.8) is 0 Å². The molecule has 0 aromatic heterocycles. The van der Waals surface area contributed by atoms with E-state index in [-0.39, 0.29) is 12.0 Å². The molecule has 0 unspecified atom stereocenters. The first-order valence-corrected chi connectivity index (χ1v) is 4.26. The van der Waals surface area contributed by atoms with Gasteiger partial charge < -0.3 is 9.84 Å². The SMILES string of the molecule is CC(C)[C@H]1OC(=O)[C@H](O)C1(C)C. The topological polar surface area (TPSA) is 46.5 Å². The monoisotopic (exact) mass is 172 g/mol. The van der Waals surface area contributed by atoms with Gasteiger partial charge in [0.2, 0.25) is 0 Å². The number of cyclic esters (lactones) is 1. The fourth-order valence-electron chi connectivity index (χ4n) is 1.80. The quantitative estimate of drug-likeness (QED) is 0.599. The number of esters is 1. The first-order chi connectivity index (χ1) is 5.37. The van der Waals surface area contributed by atoms with E-state index in [9.17, 15) is 9.90 Å². The third-order valence-electron chi connectivity index (χ3n) is 2.51. The van der Waals surface area contributed by atoms with Crippen LogP contribution in [0.25, 0.3) is 0 Å². The van der Waals surface area contributed by atoms with Crippen molar-refractivity contribution in [1.29, 1.82) is 0 Å². The minimum Gasteiger partial charge on any atom is -0.459 e. The van der Waals surface area contributed by atoms with Crippen LogP contribution < -0.4 is 0 Å². The normalized spacial score (nSPS) is 34.0. The molecule has 12 heavy (non-hydrogen) atoms. The zero-order valence-corrected chi connectivity index (χ0v) is 8.00. The van der Waals surface area contributed by atoms with Gasteiger partial charge in [-0.2, -0.15) is 0 Å². The first-order valence-electron chi connectivity index (χ1n) is 4.26. The minimum absolute atomic E-state index is 0.167. The number of carbonyl (C=O) groups is 1. The molecule has 2 atom stereocenters. The fourth-order valence-corrected chi connectivity index (χ4v) is 1.80. The van der Waals surface area contributed by atoms with Crippen LogP contribution in [0.2, 0.25) is 0 Å². The summed E-state index contributed by atoms with van der Waals surface area (Å²) in [5, 5.41) is 9.47. The van der Waals surface area contributed by atoms with Crippen molar-refractivity contribution in [3.05, 3.63) is 0 Å². The van der Waals surface area contributed by atoms with E-state index in [1.807, 2.05) is 27.7 Å². The largest absolute Gasteiger partial charge is 0.459 e. The number of aliphatic hydroxyl groups excluding tert-OH is 1. The Balaban J connectivity index is 2.87. The van der Waals surface area contributed by atoms with Gasteiger partial charge in [-0.1, -0.05) is 27.7 Å². The highest BCUT2D eigenvalue weighted by Crippen LogP contribution is 2.38.